The van der Waals surface area contributed by atoms with Gasteiger partial charge in [0.2, 0.25) is 0 Å². The number of ether oxygens (including phenoxy) is 1. The van der Waals surface area contributed by atoms with Gasteiger partial charge in [-0.05, 0) is 25.2 Å². The molecule has 0 bridgehead atoms. The normalized spacial score (nSPS) is 19.5. The lowest BCUT2D eigenvalue weighted by atomic mass is 9.89. The molecule has 1 aliphatic carbocycles. The molecule has 0 aromatic rings. The first-order chi connectivity index (χ1) is 8.97. The van der Waals surface area contributed by atoms with Gasteiger partial charge in [0.25, 0.3) is 0 Å². The number of rotatable bonds is 5. The van der Waals surface area contributed by atoms with E-state index in [0.717, 1.165) is 12.5 Å². The standard InChI is InChI=1S/C15H31N3O/c1-6-16-14(18-12-9-7-8-10-12)17-11-13(19-5)15(2,3)4/h12-13H,6-11H2,1-5H3,(H2,16,17,18). The number of methoxy groups -OCH3 is 1. The fraction of sp³-hybridized carbons (Fsp3) is 0.933. The molecule has 4 heteroatoms. The average molecular weight is 269 g/mol. The third-order valence-electron chi connectivity index (χ3n) is 3.71. The van der Waals surface area contributed by atoms with Crippen LogP contribution in [0.4, 0.5) is 0 Å². The molecule has 4 nitrogen and oxygen atoms in total. The lowest BCUT2D eigenvalue weighted by Gasteiger charge is -2.28. The van der Waals surface area contributed by atoms with E-state index in [-0.39, 0.29) is 11.5 Å². The molecule has 1 unspecified atom stereocenters. The number of hydrogen-bond donors (Lipinski definition) is 2. The molecular formula is C15H31N3O. The van der Waals surface area contributed by atoms with Gasteiger partial charge >= 0.3 is 0 Å². The maximum atomic E-state index is 5.55. The van der Waals surface area contributed by atoms with Crippen molar-refractivity contribution in [2.24, 2.45) is 10.4 Å². The van der Waals surface area contributed by atoms with E-state index < -0.39 is 0 Å². The van der Waals surface area contributed by atoms with Gasteiger partial charge in [-0.15, -0.1) is 0 Å². The molecule has 1 fully saturated rings. The summed E-state index contributed by atoms with van der Waals surface area (Å²) in [5.41, 5.74) is 0.114. The van der Waals surface area contributed by atoms with Gasteiger partial charge in [0.1, 0.15) is 0 Å². The van der Waals surface area contributed by atoms with E-state index in [0.29, 0.717) is 12.6 Å². The van der Waals surface area contributed by atoms with Crippen LogP contribution in [0.25, 0.3) is 0 Å². The monoisotopic (exact) mass is 269 g/mol. The minimum atomic E-state index is 0.114. The summed E-state index contributed by atoms with van der Waals surface area (Å²) in [6.07, 6.45) is 5.33. The van der Waals surface area contributed by atoms with Crippen LogP contribution in [0.15, 0.2) is 4.99 Å². The van der Waals surface area contributed by atoms with E-state index in [2.05, 4.69) is 43.3 Å². The van der Waals surface area contributed by atoms with E-state index in [9.17, 15) is 0 Å². The molecule has 1 aliphatic rings. The van der Waals surface area contributed by atoms with Crippen LogP contribution in [-0.4, -0.2) is 38.3 Å². The summed E-state index contributed by atoms with van der Waals surface area (Å²) in [6, 6.07) is 0.591. The maximum absolute atomic E-state index is 5.55. The predicted molar refractivity (Wildman–Crippen MR) is 81.6 cm³/mol. The zero-order chi connectivity index (χ0) is 14.3. The van der Waals surface area contributed by atoms with Crippen molar-refractivity contribution in [3.05, 3.63) is 0 Å². The summed E-state index contributed by atoms with van der Waals surface area (Å²) in [5, 5.41) is 6.85. The summed E-state index contributed by atoms with van der Waals surface area (Å²) in [5.74, 6) is 0.931. The zero-order valence-electron chi connectivity index (χ0n) is 13.3. The van der Waals surface area contributed by atoms with Crippen LogP contribution in [0.2, 0.25) is 0 Å². The van der Waals surface area contributed by atoms with E-state index >= 15 is 0 Å². The van der Waals surface area contributed by atoms with Gasteiger partial charge < -0.3 is 15.4 Å². The molecule has 0 aromatic heterocycles. The molecule has 2 N–H and O–H groups in total. The Labute approximate surface area is 118 Å². The Morgan fingerprint density at radius 1 is 1.32 bits per heavy atom. The molecule has 19 heavy (non-hydrogen) atoms. The Balaban J connectivity index is 2.55. The summed E-state index contributed by atoms with van der Waals surface area (Å²) < 4.78 is 5.55. The third-order valence-corrected chi connectivity index (χ3v) is 3.71. The van der Waals surface area contributed by atoms with Gasteiger partial charge in [-0.1, -0.05) is 33.6 Å². The molecular weight excluding hydrogens is 238 g/mol. The largest absolute Gasteiger partial charge is 0.379 e. The fourth-order valence-corrected chi connectivity index (χ4v) is 2.46. The number of guanidine groups is 1. The van der Waals surface area contributed by atoms with Crippen molar-refractivity contribution < 1.29 is 4.74 Å². The quantitative estimate of drug-likeness (QED) is 0.595. The van der Waals surface area contributed by atoms with E-state index in [4.69, 9.17) is 4.74 Å². The predicted octanol–water partition coefficient (Wildman–Crippen LogP) is 2.55. The Kier molecular flexibility index (Phi) is 6.63. The van der Waals surface area contributed by atoms with Crippen LogP contribution < -0.4 is 10.6 Å². The zero-order valence-corrected chi connectivity index (χ0v) is 13.3. The van der Waals surface area contributed by atoms with Crippen molar-refractivity contribution >= 4 is 5.96 Å². The van der Waals surface area contributed by atoms with Crippen LogP contribution >= 0.6 is 0 Å². The summed E-state index contributed by atoms with van der Waals surface area (Å²) in [6.45, 7) is 10.3. The van der Waals surface area contributed by atoms with Crippen molar-refractivity contribution in [2.45, 2.75) is 65.5 Å². The van der Waals surface area contributed by atoms with Gasteiger partial charge in [-0.25, -0.2) is 0 Å². The number of nitrogens with one attached hydrogen (secondary N) is 2. The molecule has 0 radical (unpaired) electrons. The van der Waals surface area contributed by atoms with E-state index in [1.54, 1.807) is 7.11 Å². The first-order valence-electron chi connectivity index (χ1n) is 7.55. The molecule has 112 valence electrons. The van der Waals surface area contributed by atoms with Crippen molar-refractivity contribution in [2.75, 3.05) is 20.2 Å². The lowest BCUT2D eigenvalue weighted by Crippen LogP contribution is -2.43. The molecule has 0 amide bonds. The van der Waals surface area contributed by atoms with Crippen LogP contribution in [0.5, 0.6) is 0 Å². The third kappa shape index (κ3) is 5.81. The SMILES string of the molecule is CCNC(=NCC(OC)C(C)(C)C)NC1CCCC1. The van der Waals surface area contributed by atoms with Crippen LogP contribution in [0, 0.1) is 5.41 Å². The summed E-state index contributed by atoms with van der Waals surface area (Å²) in [7, 11) is 1.77. The molecule has 0 saturated heterocycles. The number of hydrogen-bond acceptors (Lipinski definition) is 2. The fourth-order valence-electron chi connectivity index (χ4n) is 2.46. The Morgan fingerprint density at radius 3 is 2.42 bits per heavy atom. The topological polar surface area (TPSA) is 45.7 Å². The first kappa shape index (κ1) is 16.3. The van der Waals surface area contributed by atoms with Gasteiger partial charge in [-0.3, -0.25) is 4.99 Å². The summed E-state index contributed by atoms with van der Waals surface area (Å²) in [4.78, 5) is 4.68. The van der Waals surface area contributed by atoms with Crippen molar-refractivity contribution in [1.29, 1.82) is 0 Å². The van der Waals surface area contributed by atoms with Gasteiger partial charge in [0, 0.05) is 19.7 Å². The second-order valence-electron chi connectivity index (χ2n) is 6.44. The Morgan fingerprint density at radius 2 is 1.95 bits per heavy atom. The molecule has 1 atom stereocenters. The van der Waals surface area contributed by atoms with Crippen molar-refractivity contribution in [3.8, 4) is 0 Å². The average Bonchev–Trinajstić information content (AvgIpc) is 2.81. The minimum Gasteiger partial charge on any atom is -0.379 e. The first-order valence-corrected chi connectivity index (χ1v) is 7.55. The molecule has 0 aromatic carbocycles. The highest BCUT2D eigenvalue weighted by atomic mass is 16.5. The summed E-state index contributed by atoms with van der Waals surface area (Å²) >= 11 is 0. The lowest BCUT2D eigenvalue weighted by molar-refractivity contribution is 0.0241. The molecule has 1 rings (SSSR count). The number of nitrogens with zero attached hydrogens (tertiary/aromatic N) is 1. The molecule has 1 saturated carbocycles. The highest BCUT2D eigenvalue weighted by molar-refractivity contribution is 5.80. The highest BCUT2D eigenvalue weighted by Gasteiger charge is 2.24. The molecule has 0 aliphatic heterocycles. The van der Waals surface area contributed by atoms with Gasteiger partial charge in [0.05, 0.1) is 12.6 Å². The second-order valence-corrected chi connectivity index (χ2v) is 6.44. The van der Waals surface area contributed by atoms with Crippen LogP contribution in [0.1, 0.15) is 53.4 Å². The minimum absolute atomic E-state index is 0.114. The molecule has 0 spiro atoms. The second kappa shape index (κ2) is 7.73. The van der Waals surface area contributed by atoms with Crippen molar-refractivity contribution in [3.63, 3.8) is 0 Å². The Hall–Kier alpha value is -0.770. The van der Waals surface area contributed by atoms with Crippen molar-refractivity contribution in [1.82, 2.24) is 10.6 Å². The maximum Gasteiger partial charge on any atom is 0.191 e. The number of aliphatic imine (C=N–C) groups is 1. The molecule has 0 heterocycles. The van der Waals surface area contributed by atoms with E-state index in [1.807, 2.05) is 0 Å². The van der Waals surface area contributed by atoms with Crippen LogP contribution in [0.3, 0.4) is 0 Å². The van der Waals surface area contributed by atoms with Crippen LogP contribution in [-0.2, 0) is 4.74 Å². The van der Waals surface area contributed by atoms with Gasteiger partial charge in [0.15, 0.2) is 5.96 Å². The van der Waals surface area contributed by atoms with E-state index in [1.165, 1.54) is 25.7 Å². The highest BCUT2D eigenvalue weighted by Crippen LogP contribution is 2.22. The Bertz CT molecular complexity index is 278. The smallest absolute Gasteiger partial charge is 0.191 e. The van der Waals surface area contributed by atoms with Gasteiger partial charge in [-0.2, -0.15) is 0 Å².